The Bertz CT molecular complexity index is 1090. The predicted octanol–water partition coefficient (Wildman–Crippen LogP) is 5.44. The van der Waals surface area contributed by atoms with E-state index in [1.165, 1.54) is 6.66 Å². The molecule has 164 valence electrons. The van der Waals surface area contributed by atoms with Crippen LogP contribution >= 0.6 is 19.4 Å². The molecule has 31 heavy (non-hydrogen) atoms. The van der Waals surface area contributed by atoms with Crippen LogP contribution in [0.4, 0.5) is 11.4 Å². The summed E-state index contributed by atoms with van der Waals surface area (Å²) in [4.78, 5) is 14.0. The van der Waals surface area contributed by atoms with Crippen molar-refractivity contribution >= 4 is 36.6 Å². The molecule has 3 aromatic rings. The molecule has 2 aromatic carbocycles. The lowest BCUT2D eigenvalue weighted by Crippen LogP contribution is -2.19. The van der Waals surface area contributed by atoms with Gasteiger partial charge in [-0.2, -0.15) is 0 Å². The molecule has 0 radical (unpaired) electrons. The van der Waals surface area contributed by atoms with Gasteiger partial charge in [-0.3, -0.25) is 9.36 Å². The topological polar surface area (TPSA) is 102 Å². The molecule has 0 aliphatic rings. The van der Waals surface area contributed by atoms with E-state index in [1.807, 2.05) is 29.6 Å². The van der Waals surface area contributed by atoms with Crippen LogP contribution in [0.1, 0.15) is 36.2 Å². The van der Waals surface area contributed by atoms with Crippen LogP contribution in [0.2, 0.25) is 0 Å². The van der Waals surface area contributed by atoms with E-state index in [0.717, 1.165) is 16.0 Å². The number of aryl methyl sites for hydroxylation is 1. The molecule has 1 atom stereocenters. The minimum Gasteiger partial charge on any atom is -0.445 e. The van der Waals surface area contributed by atoms with Gasteiger partial charge in [0.05, 0.1) is 17.0 Å². The average molecular weight is 459 g/mol. The van der Waals surface area contributed by atoms with Crippen LogP contribution < -0.4 is 15.6 Å². The second-order valence-corrected chi connectivity index (χ2v) is 10.1. The number of anilines is 2. The fourth-order valence-electron chi connectivity index (χ4n) is 3.07. The molecule has 6 nitrogen and oxygen atoms in total. The van der Waals surface area contributed by atoms with Crippen LogP contribution in [0.15, 0.2) is 53.9 Å². The standard InChI is InChI=1S/C23H27N2O4PS/c1-23(2,27)11-10-15-13-17(7-9-20(15)29-30(3)28)22(26)25-19-14-16(6-8-18(19)24)21-5-4-12-31-21/h4-9,12-14,27,30H,10-11,24H2,1-3H3,(H,25,26). The van der Waals surface area contributed by atoms with Gasteiger partial charge in [0.1, 0.15) is 5.75 Å². The van der Waals surface area contributed by atoms with Gasteiger partial charge in [0.15, 0.2) is 0 Å². The van der Waals surface area contributed by atoms with Crippen LogP contribution in [0.3, 0.4) is 0 Å². The quantitative estimate of drug-likeness (QED) is 0.308. The summed E-state index contributed by atoms with van der Waals surface area (Å²) in [5.74, 6) is 0.154. The Morgan fingerprint density at radius 3 is 2.65 bits per heavy atom. The van der Waals surface area contributed by atoms with Gasteiger partial charge in [-0.1, -0.05) is 12.1 Å². The first-order chi connectivity index (χ1) is 14.6. The van der Waals surface area contributed by atoms with Gasteiger partial charge in [0.25, 0.3) is 5.91 Å². The third-order valence-electron chi connectivity index (χ3n) is 4.69. The zero-order valence-corrected chi connectivity index (χ0v) is 19.6. The number of hydrogen-bond acceptors (Lipinski definition) is 6. The largest absolute Gasteiger partial charge is 0.445 e. The second kappa shape index (κ2) is 9.69. The number of nitrogens with one attached hydrogen (secondary N) is 1. The molecule has 3 rings (SSSR count). The molecule has 1 amide bonds. The number of carbonyl (C=O) groups is 1. The van der Waals surface area contributed by atoms with Crippen molar-refractivity contribution in [2.75, 3.05) is 17.7 Å². The summed E-state index contributed by atoms with van der Waals surface area (Å²) in [5, 5.41) is 14.9. The molecule has 4 N–H and O–H groups in total. The van der Waals surface area contributed by atoms with Gasteiger partial charge in [-0.15, -0.1) is 11.3 Å². The fraction of sp³-hybridized carbons (Fsp3) is 0.261. The molecule has 0 fully saturated rings. The van der Waals surface area contributed by atoms with E-state index in [0.29, 0.717) is 35.5 Å². The summed E-state index contributed by atoms with van der Waals surface area (Å²) >= 11 is 1.61. The Hall–Kier alpha value is -2.60. The molecule has 0 aliphatic carbocycles. The molecule has 1 unspecified atom stereocenters. The zero-order chi connectivity index (χ0) is 22.6. The summed E-state index contributed by atoms with van der Waals surface area (Å²) in [7, 11) is -2.20. The summed E-state index contributed by atoms with van der Waals surface area (Å²) in [6.07, 6.45) is 0.944. The Labute approximate surface area is 186 Å². The third kappa shape index (κ3) is 6.44. The number of amides is 1. The van der Waals surface area contributed by atoms with Gasteiger partial charge < -0.3 is 20.7 Å². The first-order valence-corrected chi connectivity index (χ1v) is 12.6. The Balaban J connectivity index is 1.86. The molecule has 1 aromatic heterocycles. The van der Waals surface area contributed by atoms with E-state index in [2.05, 4.69) is 5.32 Å². The maximum atomic E-state index is 12.9. The summed E-state index contributed by atoms with van der Waals surface area (Å²) in [6, 6.07) is 14.5. The van der Waals surface area contributed by atoms with Crippen molar-refractivity contribution in [2.45, 2.75) is 32.3 Å². The Morgan fingerprint density at radius 1 is 1.23 bits per heavy atom. The summed E-state index contributed by atoms with van der Waals surface area (Å²) < 4.78 is 17.1. The lowest BCUT2D eigenvalue weighted by Gasteiger charge is -2.18. The predicted molar refractivity (Wildman–Crippen MR) is 129 cm³/mol. The van der Waals surface area contributed by atoms with Crippen LogP contribution in [0, 0.1) is 0 Å². The normalized spacial score (nSPS) is 12.4. The highest BCUT2D eigenvalue weighted by Crippen LogP contribution is 2.32. The van der Waals surface area contributed by atoms with E-state index in [1.54, 1.807) is 49.4 Å². The third-order valence-corrected chi connectivity index (χ3v) is 6.12. The number of hydrogen-bond donors (Lipinski definition) is 3. The second-order valence-electron chi connectivity index (χ2n) is 7.96. The molecule has 0 saturated carbocycles. The number of rotatable bonds is 8. The maximum absolute atomic E-state index is 12.9. The number of thiophene rings is 1. The SMILES string of the molecule is C[PH](=O)Oc1ccc(C(=O)Nc2cc(-c3cccs3)ccc2N)cc1CCC(C)(C)O. The van der Waals surface area contributed by atoms with Crippen LogP contribution in [-0.2, 0) is 11.0 Å². The van der Waals surface area contributed by atoms with E-state index < -0.39 is 13.6 Å². The molecule has 8 heteroatoms. The smallest absolute Gasteiger partial charge is 0.255 e. The molecular weight excluding hydrogens is 431 g/mol. The van der Waals surface area contributed by atoms with Crippen molar-refractivity contribution in [1.29, 1.82) is 0 Å². The monoisotopic (exact) mass is 458 g/mol. The number of nitrogen functional groups attached to an aromatic ring is 1. The highest BCUT2D eigenvalue weighted by molar-refractivity contribution is 7.38. The van der Waals surface area contributed by atoms with Crippen LogP contribution in [0.5, 0.6) is 5.75 Å². The zero-order valence-electron chi connectivity index (χ0n) is 17.8. The van der Waals surface area contributed by atoms with Crippen molar-refractivity contribution < 1.29 is 19.0 Å². The average Bonchev–Trinajstić information content (AvgIpc) is 3.22. The molecule has 1 heterocycles. The molecule has 0 aliphatic heterocycles. The first-order valence-electron chi connectivity index (χ1n) is 9.91. The number of carbonyl (C=O) groups excluding carboxylic acids is 1. The summed E-state index contributed by atoms with van der Waals surface area (Å²) in [6.45, 7) is 4.95. The lowest BCUT2D eigenvalue weighted by atomic mass is 9.97. The summed E-state index contributed by atoms with van der Waals surface area (Å²) in [5.41, 5.74) is 8.34. The lowest BCUT2D eigenvalue weighted by molar-refractivity contribution is 0.0713. The van der Waals surface area contributed by atoms with E-state index >= 15 is 0 Å². The van der Waals surface area contributed by atoms with Gasteiger partial charge in [-0.05, 0) is 79.6 Å². The minimum atomic E-state index is -2.20. The van der Waals surface area contributed by atoms with Gasteiger partial charge in [0.2, 0.25) is 8.03 Å². The van der Waals surface area contributed by atoms with E-state index in [-0.39, 0.29) is 5.91 Å². The highest BCUT2D eigenvalue weighted by Gasteiger charge is 2.17. The van der Waals surface area contributed by atoms with Crippen molar-refractivity contribution in [3.8, 4) is 16.2 Å². The first kappa shape index (κ1) is 23.1. The van der Waals surface area contributed by atoms with Crippen molar-refractivity contribution in [1.82, 2.24) is 0 Å². The van der Waals surface area contributed by atoms with E-state index in [9.17, 15) is 14.5 Å². The van der Waals surface area contributed by atoms with E-state index in [4.69, 9.17) is 10.3 Å². The van der Waals surface area contributed by atoms with Crippen molar-refractivity contribution in [2.24, 2.45) is 0 Å². The van der Waals surface area contributed by atoms with Gasteiger partial charge in [0, 0.05) is 17.1 Å². The fourth-order valence-corrected chi connectivity index (χ4v) is 4.30. The van der Waals surface area contributed by atoms with Crippen LogP contribution in [-0.4, -0.2) is 23.3 Å². The highest BCUT2D eigenvalue weighted by atomic mass is 32.1. The molecular formula is C23H27N2O4PS. The molecule has 0 bridgehead atoms. The Morgan fingerprint density at radius 2 is 2.00 bits per heavy atom. The Kier molecular flexibility index (Phi) is 7.21. The number of benzene rings is 2. The van der Waals surface area contributed by atoms with Gasteiger partial charge >= 0.3 is 0 Å². The number of nitrogens with two attached hydrogens (primary N) is 1. The molecule has 0 saturated heterocycles. The van der Waals surface area contributed by atoms with Gasteiger partial charge in [-0.25, -0.2) is 0 Å². The van der Waals surface area contributed by atoms with Crippen molar-refractivity contribution in [3.05, 3.63) is 65.0 Å². The minimum absolute atomic E-state index is 0.310. The maximum Gasteiger partial charge on any atom is 0.255 e. The molecule has 0 spiro atoms. The van der Waals surface area contributed by atoms with Crippen LogP contribution in [0.25, 0.3) is 10.4 Å². The number of aliphatic hydroxyl groups is 1. The van der Waals surface area contributed by atoms with Crippen molar-refractivity contribution in [3.63, 3.8) is 0 Å².